The molecule has 0 aromatic rings. The van der Waals surface area contributed by atoms with Crippen LogP contribution in [0.4, 0.5) is 0 Å². The van der Waals surface area contributed by atoms with Crippen molar-refractivity contribution in [2.45, 2.75) is 19.8 Å². The van der Waals surface area contributed by atoms with Gasteiger partial charge < -0.3 is 9.84 Å². The maximum Gasteiger partial charge on any atom is 0.312 e. The molecule has 0 aromatic heterocycles. The predicted octanol–water partition coefficient (Wildman–Crippen LogP) is 2.01. The number of carboxylic acid groups (broad SMARTS) is 1. The number of hydrogen-bond donors (Lipinski definition) is 1. The lowest BCUT2D eigenvalue weighted by atomic mass is 9.81. The quantitative estimate of drug-likeness (QED) is 0.765. The van der Waals surface area contributed by atoms with E-state index in [2.05, 4.69) is 0 Å². The smallest absolute Gasteiger partial charge is 0.312 e. The van der Waals surface area contributed by atoms with E-state index in [0.29, 0.717) is 26.1 Å². The Hall–Kier alpha value is -0.540. The van der Waals surface area contributed by atoms with Crippen LogP contribution in [0, 0.1) is 5.41 Å². The van der Waals surface area contributed by atoms with Crippen LogP contribution < -0.4 is 0 Å². The number of carboxylic acids is 1. The van der Waals surface area contributed by atoms with Crippen LogP contribution in [0.25, 0.3) is 0 Å². The zero-order valence-electron chi connectivity index (χ0n) is 7.55. The summed E-state index contributed by atoms with van der Waals surface area (Å²) in [5.41, 5.74) is 1.58. The highest BCUT2D eigenvalue weighted by Crippen LogP contribution is 2.35. The van der Waals surface area contributed by atoms with Crippen LogP contribution in [0.5, 0.6) is 0 Å². The lowest BCUT2D eigenvalue weighted by Gasteiger charge is -2.21. The van der Waals surface area contributed by atoms with Gasteiger partial charge in [0.25, 0.3) is 0 Å². The second-order valence-corrected chi connectivity index (χ2v) is 3.74. The lowest BCUT2D eigenvalue weighted by Crippen LogP contribution is -2.31. The highest BCUT2D eigenvalue weighted by molar-refractivity contribution is 6.25. The van der Waals surface area contributed by atoms with Crippen LogP contribution in [-0.2, 0) is 9.53 Å². The molecule has 1 atom stereocenters. The number of hydrogen-bond acceptors (Lipinski definition) is 2. The Morgan fingerprint density at radius 2 is 2.46 bits per heavy atom. The summed E-state index contributed by atoms with van der Waals surface area (Å²) < 4.78 is 5.12. The highest BCUT2D eigenvalue weighted by Gasteiger charge is 2.42. The second kappa shape index (κ2) is 4.11. The first kappa shape index (κ1) is 10.5. The van der Waals surface area contributed by atoms with Crippen LogP contribution in [0.15, 0.2) is 11.1 Å². The first-order chi connectivity index (χ1) is 6.10. The molecule has 1 N–H and O–H groups in total. The van der Waals surface area contributed by atoms with E-state index in [0.717, 1.165) is 5.57 Å². The zero-order valence-corrected chi connectivity index (χ0v) is 8.30. The SMILES string of the molecule is CC(=CCl)CC1(C(=O)O)CCOC1. The van der Waals surface area contributed by atoms with Gasteiger partial charge in [-0.05, 0) is 19.8 Å². The predicted molar refractivity (Wildman–Crippen MR) is 49.7 cm³/mol. The second-order valence-electron chi connectivity index (χ2n) is 3.52. The molecule has 0 saturated carbocycles. The van der Waals surface area contributed by atoms with Crippen molar-refractivity contribution in [3.05, 3.63) is 11.1 Å². The third-order valence-corrected chi connectivity index (χ3v) is 2.73. The number of aliphatic carboxylic acids is 1. The van der Waals surface area contributed by atoms with Crippen LogP contribution in [0.1, 0.15) is 19.8 Å². The van der Waals surface area contributed by atoms with E-state index in [1.165, 1.54) is 5.54 Å². The standard InChI is InChI=1S/C9H13ClO3/c1-7(5-10)4-9(8(11)12)2-3-13-6-9/h5H,2-4,6H2,1H3,(H,11,12). The average Bonchev–Trinajstić information content (AvgIpc) is 2.54. The minimum Gasteiger partial charge on any atom is -0.481 e. The van der Waals surface area contributed by atoms with Crippen molar-refractivity contribution >= 4 is 17.6 Å². The van der Waals surface area contributed by atoms with Gasteiger partial charge >= 0.3 is 5.97 Å². The summed E-state index contributed by atoms with van der Waals surface area (Å²) >= 11 is 5.50. The van der Waals surface area contributed by atoms with E-state index >= 15 is 0 Å². The molecule has 0 amide bonds. The summed E-state index contributed by atoms with van der Waals surface area (Å²) in [6.45, 7) is 2.66. The Kier molecular flexibility index (Phi) is 3.33. The zero-order chi connectivity index (χ0) is 9.90. The van der Waals surface area contributed by atoms with Crippen molar-refractivity contribution in [3.63, 3.8) is 0 Å². The summed E-state index contributed by atoms with van der Waals surface area (Å²) in [7, 11) is 0. The molecule has 1 unspecified atom stereocenters. The summed E-state index contributed by atoms with van der Waals surface area (Å²) in [6.07, 6.45) is 1.05. The summed E-state index contributed by atoms with van der Waals surface area (Å²) in [4.78, 5) is 11.0. The summed E-state index contributed by atoms with van der Waals surface area (Å²) in [5.74, 6) is -0.789. The van der Waals surface area contributed by atoms with Crippen molar-refractivity contribution in [2.75, 3.05) is 13.2 Å². The molecular formula is C9H13ClO3. The fraction of sp³-hybridized carbons (Fsp3) is 0.667. The number of carbonyl (C=O) groups is 1. The van der Waals surface area contributed by atoms with Gasteiger partial charge in [-0.1, -0.05) is 17.2 Å². The molecular weight excluding hydrogens is 192 g/mol. The summed E-state index contributed by atoms with van der Waals surface area (Å²) in [6, 6.07) is 0. The van der Waals surface area contributed by atoms with Crippen LogP contribution >= 0.6 is 11.6 Å². The number of rotatable bonds is 3. The molecule has 0 radical (unpaired) electrons. The van der Waals surface area contributed by atoms with E-state index in [1.807, 2.05) is 6.92 Å². The van der Waals surface area contributed by atoms with Gasteiger partial charge in [0.1, 0.15) is 0 Å². The molecule has 0 spiro atoms. The van der Waals surface area contributed by atoms with Gasteiger partial charge in [-0.15, -0.1) is 0 Å². The normalized spacial score (nSPS) is 29.2. The van der Waals surface area contributed by atoms with Crippen molar-refractivity contribution in [2.24, 2.45) is 5.41 Å². The van der Waals surface area contributed by atoms with Gasteiger partial charge in [0.15, 0.2) is 0 Å². The van der Waals surface area contributed by atoms with Crippen molar-refractivity contribution in [3.8, 4) is 0 Å². The van der Waals surface area contributed by atoms with Crippen LogP contribution in [0.3, 0.4) is 0 Å². The van der Waals surface area contributed by atoms with E-state index in [1.54, 1.807) is 0 Å². The topological polar surface area (TPSA) is 46.5 Å². The molecule has 1 heterocycles. The maximum atomic E-state index is 11.0. The molecule has 3 nitrogen and oxygen atoms in total. The van der Waals surface area contributed by atoms with Gasteiger partial charge in [0.05, 0.1) is 12.0 Å². The minimum absolute atomic E-state index is 0.296. The number of allylic oxidation sites excluding steroid dienone is 1. The molecule has 1 fully saturated rings. The Labute approximate surface area is 82.3 Å². The number of halogens is 1. The van der Waals surface area contributed by atoms with Gasteiger partial charge in [0.2, 0.25) is 0 Å². The Morgan fingerprint density at radius 3 is 2.85 bits per heavy atom. The van der Waals surface area contributed by atoms with Gasteiger partial charge in [0, 0.05) is 12.1 Å². The van der Waals surface area contributed by atoms with Crippen molar-refractivity contribution in [1.82, 2.24) is 0 Å². The fourth-order valence-corrected chi connectivity index (χ4v) is 1.64. The van der Waals surface area contributed by atoms with Gasteiger partial charge in [-0.3, -0.25) is 4.79 Å². The molecule has 1 aliphatic rings. The molecule has 13 heavy (non-hydrogen) atoms. The molecule has 4 heteroatoms. The maximum absolute atomic E-state index is 11.0. The van der Waals surface area contributed by atoms with E-state index in [9.17, 15) is 4.79 Å². The largest absolute Gasteiger partial charge is 0.481 e. The van der Waals surface area contributed by atoms with Gasteiger partial charge in [-0.2, -0.15) is 0 Å². The molecule has 0 aromatic carbocycles. The third kappa shape index (κ3) is 2.23. The minimum atomic E-state index is -0.789. The van der Waals surface area contributed by atoms with E-state index in [-0.39, 0.29) is 0 Å². The Morgan fingerprint density at radius 1 is 1.77 bits per heavy atom. The first-order valence-corrected chi connectivity index (χ1v) is 4.61. The van der Waals surface area contributed by atoms with Crippen molar-refractivity contribution < 1.29 is 14.6 Å². The van der Waals surface area contributed by atoms with Crippen LogP contribution in [-0.4, -0.2) is 24.3 Å². The molecule has 1 rings (SSSR count). The monoisotopic (exact) mass is 204 g/mol. The molecule has 1 saturated heterocycles. The van der Waals surface area contributed by atoms with Gasteiger partial charge in [-0.25, -0.2) is 0 Å². The van der Waals surface area contributed by atoms with Crippen LogP contribution in [0.2, 0.25) is 0 Å². The molecule has 0 bridgehead atoms. The first-order valence-electron chi connectivity index (χ1n) is 4.18. The Balaban J connectivity index is 2.74. The average molecular weight is 205 g/mol. The highest BCUT2D eigenvalue weighted by atomic mass is 35.5. The molecule has 1 aliphatic heterocycles. The third-order valence-electron chi connectivity index (χ3n) is 2.36. The van der Waals surface area contributed by atoms with E-state index in [4.69, 9.17) is 21.4 Å². The number of ether oxygens (including phenoxy) is 1. The molecule has 0 aliphatic carbocycles. The van der Waals surface area contributed by atoms with E-state index < -0.39 is 11.4 Å². The Bertz CT molecular complexity index is 229. The molecule has 74 valence electrons. The van der Waals surface area contributed by atoms with Crippen molar-refractivity contribution in [1.29, 1.82) is 0 Å². The fourth-order valence-electron chi connectivity index (χ4n) is 1.56. The summed E-state index contributed by atoms with van der Waals surface area (Å²) in [5, 5.41) is 9.06. The lowest BCUT2D eigenvalue weighted by molar-refractivity contribution is -0.148.